The van der Waals surface area contributed by atoms with E-state index in [1.165, 1.54) is 12.8 Å². The van der Waals surface area contributed by atoms with Gasteiger partial charge in [0.25, 0.3) is 0 Å². The maximum atomic E-state index is 9.07. The van der Waals surface area contributed by atoms with Gasteiger partial charge >= 0.3 is 0 Å². The van der Waals surface area contributed by atoms with Crippen molar-refractivity contribution in [3.8, 4) is 18.2 Å². The molecule has 0 aliphatic carbocycles. The highest BCUT2D eigenvalue weighted by Crippen LogP contribution is 2.31. The van der Waals surface area contributed by atoms with E-state index < -0.39 is 0 Å². The molecule has 1 N–H and O–H groups in total. The normalized spacial score (nSPS) is 13.9. The van der Waals surface area contributed by atoms with Crippen LogP contribution in [0.3, 0.4) is 0 Å². The van der Waals surface area contributed by atoms with E-state index in [0.717, 1.165) is 31.6 Å². The van der Waals surface area contributed by atoms with E-state index in [1.54, 1.807) is 24.3 Å². The van der Waals surface area contributed by atoms with Gasteiger partial charge in [-0.1, -0.05) is 24.4 Å². The lowest BCUT2D eigenvalue weighted by molar-refractivity contribution is 0.726. The molecule has 0 radical (unpaired) electrons. The maximum absolute atomic E-state index is 9.07. The van der Waals surface area contributed by atoms with Crippen molar-refractivity contribution in [3.05, 3.63) is 34.5 Å². The highest BCUT2D eigenvalue weighted by atomic mass is 35.5. The average molecular weight is 326 g/mol. The molecule has 6 heteroatoms. The zero-order valence-corrected chi connectivity index (χ0v) is 13.4. The first kappa shape index (κ1) is 16.7. The van der Waals surface area contributed by atoms with Crippen molar-refractivity contribution >= 4 is 23.0 Å². The molecular weight excluding hydrogens is 310 g/mol. The molecule has 23 heavy (non-hydrogen) atoms. The van der Waals surface area contributed by atoms with Gasteiger partial charge in [0.05, 0.1) is 10.7 Å². The molecule has 0 bridgehead atoms. The summed E-state index contributed by atoms with van der Waals surface area (Å²) in [5.74, 6) is 0. The van der Waals surface area contributed by atoms with E-state index in [2.05, 4.69) is 10.2 Å². The van der Waals surface area contributed by atoms with Crippen molar-refractivity contribution in [1.29, 1.82) is 15.8 Å². The Bertz CT molecular complexity index is 709. The number of benzene rings is 1. The van der Waals surface area contributed by atoms with Gasteiger partial charge in [0.2, 0.25) is 0 Å². The predicted octanol–water partition coefficient (Wildman–Crippen LogP) is 3.96. The van der Waals surface area contributed by atoms with Crippen molar-refractivity contribution in [3.63, 3.8) is 0 Å². The molecule has 1 saturated heterocycles. The fourth-order valence-electron chi connectivity index (χ4n) is 2.58. The minimum absolute atomic E-state index is 0.0754. The molecule has 0 aromatic heterocycles. The summed E-state index contributed by atoms with van der Waals surface area (Å²) in [4.78, 5) is 2.27. The summed E-state index contributed by atoms with van der Waals surface area (Å²) >= 11 is 6.38. The Balaban J connectivity index is 2.23. The van der Waals surface area contributed by atoms with Gasteiger partial charge in [0.1, 0.15) is 23.9 Å². The Morgan fingerprint density at radius 2 is 1.65 bits per heavy atom. The van der Waals surface area contributed by atoms with E-state index in [0.29, 0.717) is 10.7 Å². The Morgan fingerprint density at radius 1 is 1.00 bits per heavy atom. The lowest BCUT2D eigenvalue weighted by Gasteiger charge is -2.24. The summed E-state index contributed by atoms with van der Waals surface area (Å²) in [5, 5.41) is 30.1. The third kappa shape index (κ3) is 4.16. The van der Waals surface area contributed by atoms with Gasteiger partial charge in [-0.25, -0.2) is 0 Å². The van der Waals surface area contributed by atoms with Crippen LogP contribution in [0.2, 0.25) is 5.02 Å². The summed E-state index contributed by atoms with van der Waals surface area (Å²) in [5.41, 5.74) is 1.23. The smallest absolute Gasteiger partial charge is 0.163 e. The number of nitriles is 3. The molecule has 1 aromatic rings. The quantitative estimate of drug-likeness (QED) is 0.850. The Labute approximate surface area is 141 Å². The van der Waals surface area contributed by atoms with Crippen molar-refractivity contribution < 1.29 is 0 Å². The molecule has 116 valence electrons. The van der Waals surface area contributed by atoms with E-state index in [4.69, 9.17) is 27.4 Å². The second kappa shape index (κ2) is 8.08. The molecule has 5 nitrogen and oxygen atoms in total. The molecule has 0 spiro atoms. The standard InChI is InChI=1S/C17H16ClN5/c18-15-9-14(22-16(12-21)13(10-19)11-20)5-6-17(15)23-7-3-1-2-4-8-23/h5-6,9,22H,1-4,7-8H2. The summed E-state index contributed by atoms with van der Waals surface area (Å²) in [6.07, 6.45) is 4.81. The maximum Gasteiger partial charge on any atom is 0.163 e. The molecule has 0 amide bonds. The fourth-order valence-corrected chi connectivity index (χ4v) is 2.88. The third-order valence-corrected chi connectivity index (χ3v) is 4.05. The number of hydrogen-bond donors (Lipinski definition) is 1. The van der Waals surface area contributed by atoms with Crippen LogP contribution in [0.15, 0.2) is 29.5 Å². The van der Waals surface area contributed by atoms with Crippen molar-refractivity contribution in [1.82, 2.24) is 0 Å². The number of rotatable bonds is 3. The average Bonchev–Trinajstić information content (AvgIpc) is 2.84. The van der Waals surface area contributed by atoms with Crippen LogP contribution in [0, 0.1) is 34.0 Å². The lowest BCUT2D eigenvalue weighted by Crippen LogP contribution is -2.24. The number of allylic oxidation sites excluding steroid dienone is 2. The van der Waals surface area contributed by atoms with Gasteiger partial charge in [-0.3, -0.25) is 0 Å². The summed E-state index contributed by atoms with van der Waals surface area (Å²) in [7, 11) is 0. The molecule has 1 heterocycles. The first-order valence-electron chi connectivity index (χ1n) is 7.45. The summed E-state index contributed by atoms with van der Waals surface area (Å²) in [6, 6.07) is 10.6. The second-order valence-electron chi connectivity index (χ2n) is 5.28. The Morgan fingerprint density at radius 3 is 2.17 bits per heavy atom. The van der Waals surface area contributed by atoms with Gasteiger partial charge in [-0.15, -0.1) is 0 Å². The highest BCUT2D eigenvalue weighted by molar-refractivity contribution is 6.33. The minimum atomic E-state index is -0.250. The molecule has 0 atom stereocenters. The third-order valence-electron chi connectivity index (χ3n) is 3.75. The van der Waals surface area contributed by atoms with Gasteiger partial charge in [-0.2, -0.15) is 15.8 Å². The highest BCUT2D eigenvalue weighted by Gasteiger charge is 2.14. The van der Waals surface area contributed by atoms with Crippen LogP contribution in [-0.4, -0.2) is 13.1 Å². The van der Waals surface area contributed by atoms with Gasteiger partial charge in [0.15, 0.2) is 5.57 Å². The van der Waals surface area contributed by atoms with Crippen LogP contribution in [0.1, 0.15) is 25.7 Å². The number of halogens is 1. The molecule has 1 aromatic carbocycles. The largest absolute Gasteiger partial charge is 0.370 e. The van der Waals surface area contributed by atoms with Crippen LogP contribution in [0.5, 0.6) is 0 Å². The number of hydrogen-bond acceptors (Lipinski definition) is 5. The predicted molar refractivity (Wildman–Crippen MR) is 89.6 cm³/mol. The molecule has 1 fully saturated rings. The van der Waals surface area contributed by atoms with Gasteiger partial charge < -0.3 is 10.2 Å². The monoisotopic (exact) mass is 325 g/mol. The van der Waals surface area contributed by atoms with Crippen LogP contribution >= 0.6 is 11.6 Å². The van der Waals surface area contributed by atoms with Crippen LogP contribution < -0.4 is 10.2 Å². The number of nitrogens with one attached hydrogen (secondary N) is 1. The van der Waals surface area contributed by atoms with Crippen LogP contribution in [0.4, 0.5) is 11.4 Å². The zero-order chi connectivity index (χ0) is 16.7. The summed E-state index contributed by atoms with van der Waals surface area (Å²) in [6.45, 7) is 1.98. The molecule has 0 unspecified atom stereocenters. The lowest BCUT2D eigenvalue weighted by atomic mass is 10.2. The topological polar surface area (TPSA) is 86.6 Å². The molecule has 2 rings (SSSR count). The molecule has 1 aliphatic rings. The summed E-state index contributed by atoms with van der Waals surface area (Å²) < 4.78 is 0. The minimum Gasteiger partial charge on any atom is -0.370 e. The SMILES string of the molecule is N#CC(C#N)=C(C#N)Nc1ccc(N2CCCCCC2)c(Cl)c1. The fraction of sp³-hybridized carbons (Fsp3) is 0.353. The van der Waals surface area contributed by atoms with E-state index >= 15 is 0 Å². The number of anilines is 2. The molecular formula is C17H16ClN5. The number of nitrogens with zero attached hydrogens (tertiary/aromatic N) is 4. The van der Waals surface area contributed by atoms with Gasteiger partial charge in [-0.05, 0) is 31.0 Å². The molecule has 0 saturated carbocycles. The van der Waals surface area contributed by atoms with Crippen molar-refractivity contribution in [2.75, 3.05) is 23.3 Å². The first-order chi connectivity index (χ1) is 11.2. The van der Waals surface area contributed by atoms with Crippen LogP contribution in [-0.2, 0) is 0 Å². The van der Waals surface area contributed by atoms with E-state index in [9.17, 15) is 0 Å². The van der Waals surface area contributed by atoms with Crippen LogP contribution in [0.25, 0.3) is 0 Å². The Kier molecular flexibility index (Phi) is 5.87. The van der Waals surface area contributed by atoms with Crippen molar-refractivity contribution in [2.24, 2.45) is 0 Å². The zero-order valence-electron chi connectivity index (χ0n) is 12.6. The van der Waals surface area contributed by atoms with Gasteiger partial charge in [0, 0.05) is 18.8 Å². The van der Waals surface area contributed by atoms with E-state index in [-0.39, 0.29) is 11.3 Å². The Hall–Kier alpha value is -2.68. The van der Waals surface area contributed by atoms with Crippen molar-refractivity contribution in [2.45, 2.75) is 25.7 Å². The second-order valence-corrected chi connectivity index (χ2v) is 5.69. The van der Waals surface area contributed by atoms with E-state index in [1.807, 2.05) is 12.1 Å². The molecule has 1 aliphatic heterocycles. The first-order valence-corrected chi connectivity index (χ1v) is 7.83.